The first-order valence-corrected chi connectivity index (χ1v) is 20.8. The number of hydrogen-bond acceptors (Lipinski definition) is 3. The van der Waals surface area contributed by atoms with Gasteiger partial charge in [0, 0.05) is 38.2 Å². The highest BCUT2D eigenvalue weighted by Gasteiger charge is 2.43. The lowest BCUT2D eigenvalue weighted by Crippen LogP contribution is -2.40. The molecule has 3 heterocycles. The molecule has 0 aliphatic heterocycles. The monoisotopic (exact) mass is 763 g/mol. The van der Waals surface area contributed by atoms with Crippen LogP contribution < -0.4 is 0 Å². The van der Waals surface area contributed by atoms with Crippen molar-refractivity contribution in [2.75, 3.05) is 0 Å². The fourth-order valence-corrected chi connectivity index (χ4v) is 10.2. The Morgan fingerprint density at radius 1 is 0.475 bits per heavy atom. The summed E-state index contributed by atoms with van der Waals surface area (Å²) in [6, 6.07) is 58.6. The van der Waals surface area contributed by atoms with Crippen molar-refractivity contribution >= 4 is 43.6 Å². The van der Waals surface area contributed by atoms with E-state index in [0.717, 1.165) is 56.1 Å². The molecule has 1 aliphatic rings. The van der Waals surface area contributed by atoms with Crippen molar-refractivity contribution < 1.29 is 0 Å². The minimum Gasteiger partial charge on any atom is -0.307 e. The molecule has 1 aliphatic carbocycles. The average Bonchev–Trinajstić information content (AvgIpc) is 3.79. The lowest BCUT2D eigenvalue weighted by atomic mass is 9.57. The second kappa shape index (κ2) is 13.1. The number of para-hydroxylation sites is 3. The van der Waals surface area contributed by atoms with Crippen LogP contribution in [-0.2, 0) is 10.8 Å². The molecule has 5 nitrogen and oxygen atoms in total. The largest absolute Gasteiger partial charge is 0.307 e. The maximum Gasteiger partial charge on any atom is 0.238 e. The van der Waals surface area contributed by atoms with E-state index in [1.807, 2.05) is 36.4 Å². The van der Waals surface area contributed by atoms with Crippen LogP contribution in [0.2, 0.25) is 0 Å². The predicted molar refractivity (Wildman–Crippen MR) is 245 cm³/mol. The minimum absolute atomic E-state index is 0.0000933. The van der Waals surface area contributed by atoms with Gasteiger partial charge >= 0.3 is 0 Å². The smallest absolute Gasteiger partial charge is 0.238 e. The third-order valence-electron chi connectivity index (χ3n) is 13.3. The van der Waals surface area contributed by atoms with Crippen LogP contribution in [0.3, 0.4) is 0 Å². The predicted octanol–water partition coefficient (Wildman–Crippen LogP) is 13.7. The minimum atomic E-state index is 0.0000933. The summed E-state index contributed by atoms with van der Waals surface area (Å²) in [5.74, 6) is 2.40. The van der Waals surface area contributed by atoms with E-state index < -0.39 is 0 Å². The van der Waals surface area contributed by atoms with Crippen LogP contribution in [0.1, 0.15) is 52.2 Å². The molecular weight excluding hydrogens is 719 g/mol. The summed E-state index contributed by atoms with van der Waals surface area (Å²) in [7, 11) is 0. The van der Waals surface area contributed by atoms with E-state index in [1.54, 1.807) is 0 Å². The molecule has 1 atom stereocenters. The molecular formula is C54H45N5. The average molecular weight is 764 g/mol. The number of benzene rings is 7. The molecule has 7 aromatic carbocycles. The zero-order chi connectivity index (χ0) is 40.0. The van der Waals surface area contributed by atoms with Gasteiger partial charge in [-0.25, -0.2) is 4.98 Å². The van der Waals surface area contributed by atoms with Crippen molar-refractivity contribution in [3.05, 3.63) is 175 Å². The molecule has 10 aromatic rings. The van der Waals surface area contributed by atoms with E-state index in [0.29, 0.717) is 23.5 Å². The van der Waals surface area contributed by atoms with Gasteiger partial charge in [-0.2, -0.15) is 9.97 Å². The number of hydrogen-bond donors (Lipinski definition) is 0. The van der Waals surface area contributed by atoms with Gasteiger partial charge in [-0.15, -0.1) is 0 Å². The molecule has 3 aromatic heterocycles. The summed E-state index contributed by atoms with van der Waals surface area (Å²) >= 11 is 0. The van der Waals surface area contributed by atoms with Gasteiger partial charge in [-0.05, 0) is 58.1 Å². The Balaban J connectivity index is 1.28. The van der Waals surface area contributed by atoms with E-state index in [9.17, 15) is 0 Å². The van der Waals surface area contributed by atoms with Gasteiger partial charge in [0.05, 0.1) is 27.8 Å². The third-order valence-corrected chi connectivity index (χ3v) is 13.3. The zero-order valence-corrected chi connectivity index (χ0v) is 34.1. The maximum absolute atomic E-state index is 5.32. The molecule has 59 heavy (non-hydrogen) atoms. The molecule has 11 rings (SSSR count). The molecule has 0 spiro atoms. The fraction of sp³-hybridized carbons (Fsp3) is 0.167. The number of aromatic nitrogens is 5. The second-order valence-corrected chi connectivity index (χ2v) is 17.5. The Kier molecular flexibility index (Phi) is 7.83. The van der Waals surface area contributed by atoms with E-state index in [1.165, 1.54) is 33.0 Å². The molecule has 286 valence electrons. The summed E-state index contributed by atoms with van der Waals surface area (Å²) < 4.78 is 4.79. The summed E-state index contributed by atoms with van der Waals surface area (Å²) in [6.45, 7) is 12.2. The standard InChI is InChI=1S/C54H45N5/c1-34-33-53(2,3)47-40(26-18-27-43(47)54(34,4)5)37-23-12-15-28-44(37)58-45-29-16-13-24-38(45)41-31-32-42-39-25-14-17-30-46(39)59(49(42)48(41)58)52-56-50(35-19-8-6-9-20-35)55-51(57-52)36-21-10-7-11-22-36/h6-32,34H,33H2,1-5H3. The SMILES string of the molecule is CC1CC(C)(C)c2c(-c3ccccc3-n3c4ccccc4c4ccc5c6ccccc6n(-c6nc(-c7ccccc7)nc(-c7ccccc7)n6)c5c43)cccc2C1(C)C. The molecule has 0 radical (unpaired) electrons. The quantitative estimate of drug-likeness (QED) is 0.175. The first-order chi connectivity index (χ1) is 28.7. The van der Waals surface area contributed by atoms with Crippen molar-refractivity contribution in [3.63, 3.8) is 0 Å². The fourth-order valence-electron chi connectivity index (χ4n) is 10.2. The molecule has 0 saturated carbocycles. The number of nitrogens with zero attached hydrogens (tertiary/aromatic N) is 5. The van der Waals surface area contributed by atoms with Crippen molar-refractivity contribution in [2.24, 2.45) is 5.92 Å². The topological polar surface area (TPSA) is 48.5 Å². The van der Waals surface area contributed by atoms with Crippen molar-refractivity contribution in [2.45, 2.75) is 51.9 Å². The van der Waals surface area contributed by atoms with Crippen LogP contribution in [0.4, 0.5) is 0 Å². The first-order valence-electron chi connectivity index (χ1n) is 20.8. The molecule has 1 unspecified atom stereocenters. The highest BCUT2D eigenvalue weighted by molar-refractivity contribution is 6.24. The Bertz CT molecular complexity index is 3200. The molecule has 0 N–H and O–H groups in total. The van der Waals surface area contributed by atoms with Gasteiger partial charge in [0.25, 0.3) is 0 Å². The third kappa shape index (κ3) is 5.34. The number of fused-ring (bicyclic) bond motifs is 8. The van der Waals surface area contributed by atoms with Crippen molar-refractivity contribution in [1.29, 1.82) is 0 Å². The van der Waals surface area contributed by atoms with E-state index in [4.69, 9.17) is 15.0 Å². The van der Waals surface area contributed by atoms with Crippen molar-refractivity contribution in [3.8, 4) is 45.5 Å². The summed E-state index contributed by atoms with van der Waals surface area (Å²) in [4.78, 5) is 15.7. The molecule has 0 bridgehead atoms. The van der Waals surface area contributed by atoms with E-state index in [-0.39, 0.29) is 10.8 Å². The molecule has 0 fully saturated rings. The van der Waals surface area contributed by atoms with Crippen LogP contribution in [0.25, 0.3) is 89.2 Å². The molecule has 5 heteroatoms. The lowest BCUT2D eigenvalue weighted by Gasteiger charge is -2.47. The van der Waals surface area contributed by atoms with Gasteiger partial charge in [-0.3, -0.25) is 4.57 Å². The highest BCUT2D eigenvalue weighted by Crippen LogP contribution is 2.53. The second-order valence-electron chi connectivity index (χ2n) is 17.5. The Hall–Kier alpha value is -6.85. The summed E-state index contributed by atoms with van der Waals surface area (Å²) in [6.07, 6.45) is 1.13. The summed E-state index contributed by atoms with van der Waals surface area (Å²) in [5.41, 5.74) is 12.9. The first kappa shape index (κ1) is 35.3. The van der Waals surface area contributed by atoms with Gasteiger partial charge in [0.2, 0.25) is 5.95 Å². The van der Waals surface area contributed by atoms with Gasteiger partial charge in [-0.1, -0.05) is 180 Å². The van der Waals surface area contributed by atoms with E-state index >= 15 is 0 Å². The Morgan fingerprint density at radius 2 is 0.983 bits per heavy atom. The normalized spacial score (nSPS) is 15.9. The van der Waals surface area contributed by atoms with Crippen LogP contribution in [0.15, 0.2) is 164 Å². The zero-order valence-electron chi connectivity index (χ0n) is 34.1. The van der Waals surface area contributed by atoms with Gasteiger partial charge in [0.1, 0.15) is 0 Å². The number of rotatable bonds is 5. The Labute approximate surface area is 344 Å². The van der Waals surface area contributed by atoms with Crippen molar-refractivity contribution in [1.82, 2.24) is 24.1 Å². The summed E-state index contributed by atoms with van der Waals surface area (Å²) in [5, 5.41) is 4.67. The van der Waals surface area contributed by atoms with Crippen LogP contribution >= 0.6 is 0 Å². The maximum atomic E-state index is 5.32. The highest BCUT2D eigenvalue weighted by atomic mass is 15.2. The van der Waals surface area contributed by atoms with Crippen LogP contribution in [0, 0.1) is 5.92 Å². The molecule has 0 saturated heterocycles. The van der Waals surface area contributed by atoms with Crippen LogP contribution in [-0.4, -0.2) is 24.1 Å². The van der Waals surface area contributed by atoms with Gasteiger partial charge in [0.15, 0.2) is 11.6 Å². The lowest BCUT2D eigenvalue weighted by molar-refractivity contribution is 0.234. The van der Waals surface area contributed by atoms with Gasteiger partial charge < -0.3 is 4.57 Å². The molecule has 0 amide bonds. The Morgan fingerprint density at radius 3 is 1.61 bits per heavy atom. The van der Waals surface area contributed by atoms with Crippen LogP contribution in [0.5, 0.6) is 0 Å². The van der Waals surface area contributed by atoms with E-state index in [2.05, 4.69) is 171 Å².